The standard InChI is InChI=1S/C14H20BrNOS/c1-3-4-12-5-7-13(8-6-12)18-14(17)16-10-9-11(2)15/h5-8,11H,3-4,9-10H2,1-2H3,(H,16,17). The van der Waals surface area contributed by atoms with Gasteiger partial charge in [0.25, 0.3) is 5.24 Å². The van der Waals surface area contributed by atoms with Gasteiger partial charge in [-0.2, -0.15) is 0 Å². The number of hydrogen-bond donors (Lipinski definition) is 1. The molecule has 0 aliphatic rings. The van der Waals surface area contributed by atoms with Crippen LogP contribution in [0.1, 0.15) is 32.3 Å². The number of thioether (sulfide) groups is 1. The third kappa shape index (κ3) is 6.45. The molecule has 0 aromatic heterocycles. The first-order chi connectivity index (χ1) is 8.61. The summed E-state index contributed by atoms with van der Waals surface area (Å²) < 4.78 is 0. The van der Waals surface area contributed by atoms with Crippen molar-refractivity contribution in [2.75, 3.05) is 6.54 Å². The molecule has 2 nitrogen and oxygen atoms in total. The van der Waals surface area contributed by atoms with Crippen LogP contribution < -0.4 is 5.32 Å². The maximum Gasteiger partial charge on any atom is 0.283 e. The molecule has 0 radical (unpaired) electrons. The van der Waals surface area contributed by atoms with Crippen molar-refractivity contribution in [3.8, 4) is 0 Å². The topological polar surface area (TPSA) is 29.1 Å². The summed E-state index contributed by atoms with van der Waals surface area (Å²) in [5.74, 6) is 0. The minimum absolute atomic E-state index is 0.0198. The van der Waals surface area contributed by atoms with Crippen molar-refractivity contribution in [2.45, 2.75) is 42.8 Å². The molecule has 0 fully saturated rings. The van der Waals surface area contributed by atoms with Crippen LogP contribution in [-0.4, -0.2) is 16.6 Å². The molecule has 1 aromatic rings. The summed E-state index contributed by atoms with van der Waals surface area (Å²) in [5.41, 5.74) is 1.33. The number of alkyl halides is 1. The van der Waals surface area contributed by atoms with Gasteiger partial charge in [0, 0.05) is 16.3 Å². The van der Waals surface area contributed by atoms with Crippen LogP contribution in [0.3, 0.4) is 0 Å². The number of carbonyl (C=O) groups excluding carboxylic acids is 1. The maximum absolute atomic E-state index is 11.6. The fourth-order valence-corrected chi connectivity index (χ4v) is 2.42. The van der Waals surface area contributed by atoms with E-state index in [-0.39, 0.29) is 5.24 Å². The van der Waals surface area contributed by atoms with E-state index in [4.69, 9.17) is 0 Å². The average Bonchev–Trinajstić information content (AvgIpc) is 2.31. The number of amides is 1. The Labute approximate surface area is 122 Å². The Hall–Kier alpha value is -0.480. The van der Waals surface area contributed by atoms with Gasteiger partial charge in [0.2, 0.25) is 0 Å². The Bertz CT molecular complexity index is 365. The number of carbonyl (C=O) groups is 1. The fraction of sp³-hybridized carbons (Fsp3) is 0.500. The van der Waals surface area contributed by atoms with Gasteiger partial charge in [-0.3, -0.25) is 4.79 Å². The van der Waals surface area contributed by atoms with Crippen molar-refractivity contribution in [2.24, 2.45) is 0 Å². The molecule has 1 rings (SSSR count). The van der Waals surface area contributed by atoms with Crippen molar-refractivity contribution in [1.29, 1.82) is 0 Å². The van der Waals surface area contributed by atoms with E-state index in [2.05, 4.69) is 47.2 Å². The molecular weight excluding hydrogens is 310 g/mol. The van der Waals surface area contributed by atoms with Crippen LogP contribution in [0.5, 0.6) is 0 Å². The van der Waals surface area contributed by atoms with Crippen LogP contribution in [0.15, 0.2) is 29.2 Å². The zero-order valence-corrected chi connectivity index (χ0v) is 13.3. The average molecular weight is 330 g/mol. The molecule has 1 N–H and O–H groups in total. The molecule has 0 bridgehead atoms. The monoisotopic (exact) mass is 329 g/mol. The van der Waals surface area contributed by atoms with Crippen LogP contribution in [0.2, 0.25) is 0 Å². The smallest absolute Gasteiger partial charge is 0.283 e. The van der Waals surface area contributed by atoms with E-state index < -0.39 is 0 Å². The summed E-state index contributed by atoms with van der Waals surface area (Å²) in [6, 6.07) is 8.23. The van der Waals surface area contributed by atoms with Crippen LogP contribution in [-0.2, 0) is 6.42 Å². The lowest BCUT2D eigenvalue weighted by Gasteiger charge is -2.06. The summed E-state index contributed by atoms with van der Waals surface area (Å²) >= 11 is 4.71. The summed E-state index contributed by atoms with van der Waals surface area (Å²) in [4.78, 5) is 13.1. The fourth-order valence-electron chi connectivity index (χ4n) is 1.53. The van der Waals surface area contributed by atoms with E-state index in [0.29, 0.717) is 11.4 Å². The van der Waals surface area contributed by atoms with E-state index in [1.807, 2.05) is 12.1 Å². The van der Waals surface area contributed by atoms with Gasteiger partial charge < -0.3 is 5.32 Å². The molecule has 0 saturated heterocycles. The van der Waals surface area contributed by atoms with Gasteiger partial charge in [-0.05, 0) is 42.3 Å². The first kappa shape index (κ1) is 15.6. The molecule has 1 aromatic carbocycles. The van der Waals surface area contributed by atoms with Crippen molar-refractivity contribution in [3.05, 3.63) is 29.8 Å². The third-order valence-corrected chi connectivity index (χ3v) is 3.78. The Kier molecular flexibility index (Phi) is 7.44. The van der Waals surface area contributed by atoms with E-state index in [1.165, 1.54) is 17.3 Å². The zero-order valence-electron chi connectivity index (χ0n) is 10.9. The van der Waals surface area contributed by atoms with E-state index in [1.54, 1.807) is 0 Å². The highest BCUT2D eigenvalue weighted by Crippen LogP contribution is 2.19. The number of aryl methyl sites for hydroxylation is 1. The Morgan fingerprint density at radius 3 is 2.61 bits per heavy atom. The Morgan fingerprint density at radius 2 is 2.06 bits per heavy atom. The van der Waals surface area contributed by atoms with E-state index in [0.717, 1.165) is 24.2 Å². The predicted octanol–water partition coefficient (Wildman–Crippen LogP) is 4.61. The number of benzene rings is 1. The number of nitrogens with one attached hydrogen (secondary N) is 1. The van der Waals surface area contributed by atoms with Gasteiger partial charge in [-0.15, -0.1) is 0 Å². The second-order valence-electron chi connectivity index (χ2n) is 4.28. The van der Waals surface area contributed by atoms with E-state index >= 15 is 0 Å². The summed E-state index contributed by atoms with van der Waals surface area (Å²) in [6.07, 6.45) is 3.19. The minimum Gasteiger partial charge on any atom is -0.347 e. The van der Waals surface area contributed by atoms with Gasteiger partial charge in [-0.25, -0.2) is 0 Å². The van der Waals surface area contributed by atoms with Gasteiger partial charge in [0.05, 0.1) is 0 Å². The maximum atomic E-state index is 11.6. The van der Waals surface area contributed by atoms with Crippen molar-refractivity contribution < 1.29 is 4.79 Å². The van der Waals surface area contributed by atoms with Crippen LogP contribution in [0.4, 0.5) is 4.79 Å². The molecule has 0 saturated carbocycles. The lowest BCUT2D eigenvalue weighted by molar-refractivity contribution is 0.260. The van der Waals surface area contributed by atoms with Gasteiger partial charge in [-0.1, -0.05) is 48.3 Å². The Balaban J connectivity index is 2.35. The molecule has 0 aliphatic carbocycles. The molecule has 1 atom stereocenters. The van der Waals surface area contributed by atoms with Crippen molar-refractivity contribution >= 4 is 32.9 Å². The van der Waals surface area contributed by atoms with Crippen molar-refractivity contribution in [1.82, 2.24) is 5.32 Å². The lowest BCUT2D eigenvalue weighted by Crippen LogP contribution is -2.21. The molecule has 1 unspecified atom stereocenters. The molecule has 0 spiro atoms. The van der Waals surface area contributed by atoms with Crippen LogP contribution in [0.25, 0.3) is 0 Å². The molecule has 0 heterocycles. The first-order valence-corrected chi connectivity index (χ1v) is 8.03. The van der Waals surface area contributed by atoms with Gasteiger partial charge in [0.1, 0.15) is 0 Å². The largest absolute Gasteiger partial charge is 0.347 e. The molecular formula is C14H20BrNOS. The normalized spacial score (nSPS) is 12.2. The lowest BCUT2D eigenvalue weighted by atomic mass is 10.1. The van der Waals surface area contributed by atoms with Crippen LogP contribution in [0, 0.1) is 0 Å². The highest BCUT2D eigenvalue weighted by atomic mass is 79.9. The zero-order chi connectivity index (χ0) is 13.4. The number of hydrogen-bond acceptors (Lipinski definition) is 2. The second kappa shape index (κ2) is 8.59. The second-order valence-corrected chi connectivity index (χ2v) is 6.89. The molecule has 4 heteroatoms. The van der Waals surface area contributed by atoms with Gasteiger partial charge in [0.15, 0.2) is 0 Å². The molecule has 18 heavy (non-hydrogen) atoms. The van der Waals surface area contributed by atoms with Gasteiger partial charge >= 0.3 is 0 Å². The SMILES string of the molecule is CCCc1ccc(SC(=O)NCCC(C)Br)cc1. The highest BCUT2D eigenvalue weighted by molar-refractivity contribution is 9.09. The predicted molar refractivity (Wildman–Crippen MR) is 82.7 cm³/mol. The first-order valence-electron chi connectivity index (χ1n) is 6.30. The summed E-state index contributed by atoms with van der Waals surface area (Å²) in [7, 11) is 0. The third-order valence-electron chi connectivity index (χ3n) is 2.48. The minimum atomic E-state index is 0.0198. The molecule has 0 aliphatic heterocycles. The van der Waals surface area contributed by atoms with Crippen molar-refractivity contribution in [3.63, 3.8) is 0 Å². The number of rotatable bonds is 6. The number of halogens is 1. The summed E-state index contributed by atoms with van der Waals surface area (Å²) in [5, 5.41) is 2.92. The Morgan fingerprint density at radius 1 is 1.39 bits per heavy atom. The quantitative estimate of drug-likeness (QED) is 0.609. The highest BCUT2D eigenvalue weighted by Gasteiger charge is 2.04. The van der Waals surface area contributed by atoms with Crippen LogP contribution >= 0.6 is 27.7 Å². The summed E-state index contributed by atoms with van der Waals surface area (Å²) in [6.45, 7) is 4.96. The van der Waals surface area contributed by atoms with E-state index in [9.17, 15) is 4.79 Å². The molecule has 100 valence electrons. The molecule has 1 amide bonds.